The van der Waals surface area contributed by atoms with Gasteiger partial charge in [-0.15, -0.1) is 12.4 Å². The molecule has 0 N–H and O–H groups in total. The average molecular weight is 364 g/mol. The summed E-state index contributed by atoms with van der Waals surface area (Å²) in [5.41, 5.74) is 0. The third-order valence-electron chi connectivity index (χ3n) is 4.73. The predicted octanol–water partition coefficient (Wildman–Crippen LogP) is 8.11. The van der Waals surface area contributed by atoms with E-state index < -0.39 is 0 Å². The molecule has 0 aromatic heterocycles. The normalized spacial score (nSPS) is 10.5. The summed E-state index contributed by atoms with van der Waals surface area (Å²) in [4.78, 5) is 2.38. The van der Waals surface area contributed by atoms with Crippen LogP contribution in [0.1, 0.15) is 119 Å². The largest absolute Gasteiger partial charge is 0.304 e. The Morgan fingerprint density at radius 2 is 0.875 bits per heavy atom. The summed E-state index contributed by atoms with van der Waals surface area (Å²) < 4.78 is 0. The molecule has 0 radical (unpaired) electrons. The van der Waals surface area contributed by atoms with Gasteiger partial charge < -0.3 is 4.90 Å². The maximum Gasteiger partial charge on any atom is -0.00474 e. The summed E-state index contributed by atoms with van der Waals surface area (Å²) >= 11 is 0. The second-order valence-electron chi connectivity index (χ2n) is 7.34. The van der Waals surface area contributed by atoms with Gasteiger partial charge in [0.2, 0.25) is 0 Å². The maximum absolute atomic E-state index is 2.38. The minimum Gasteiger partial charge on any atom is -0.304 e. The van der Waals surface area contributed by atoms with E-state index in [4.69, 9.17) is 0 Å². The summed E-state index contributed by atoms with van der Waals surface area (Å²) in [6.45, 7) is 17.1. The van der Waals surface area contributed by atoms with Crippen LogP contribution in [-0.2, 0) is 0 Å². The lowest BCUT2D eigenvalue weighted by atomic mass is 10.0. The van der Waals surface area contributed by atoms with Crippen molar-refractivity contribution in [3.8, 4) is 0 Å². The Balaban J connectivity index is -0.000000468. The number of rotatable bonds is 15. The monoisotopic (exact) mass is 363 g/mol. The molecule has 0 aromatic carbocycles. The molecule has 0 fully saturated rings. The van der Waals surface area contributed by atoms with Gasteiger partial charge in [-0.3, -0.25) is 0 Å². The van der Waals surface area contributed by atoms with Crippen molar-refractivity contribution in [3.05, 3.63) is 0 Å². The van der Waals surface area contributed by atoms with Gasteiger partial charge in [-0.25, -0.2) is 0 Å². The highest BCUT2D eigenvalue weighted by Gasteiger charge is 1.95. The van der Waals surface area contributed by atoms with E-state index in [2.05, 4.69) is 46.4 Å². The van der Waals surface area contributed by atoms with Crippen LogP contribution in [0.2, 0.25) is 0 Å². The van der Waals surface area contributed by atoms with E-state index in [1.165, 1.54) is 96.7 Å². The van der Waals surface area contributed by atoms with Gasteiger partial charge >= 0.3 is 0 Å². The SMILES string of the molecule is CCCCCCCCCCCCCC(C)C.CCN(CC)CC.Cl. The number of hydrogen-bond donors (Lipinski definition) is 0. The summed E-state index contributed by atoms with van der Waals surface area (Å²) in [6, 6.07) is 0. The molecule has 0 aromatic rings. The lowest BCUT2D eigenvalue weighted by Crippen LogP contribution is -2.21. The zero-order valence-corrected chi connectivity index (χ0v) is 18.9. The summed E-state index contributed by atoms with van der Waals surface area (Å²) in [5, 5.41) is 0. The standard InChI is InChI=1S/C16H34.C6H15N.ClH/c1-4-5-6-7-8-9-10-11-12-13-14-15-16(2)3;1-4-7(5-2)6-3;/h16H,4-15H2,1-3H3;4-6H2,1-3H3;1H. The van der Waals surface area contributed by atoms with Crippen LogP contribution in [0.25, 0.3) is 0 Å². The van der Waals surface area contributed by atoms with Gasteiger partial charge in [0.05, 0.1) is 0 Å². The molecular formula is C22H50ClN. The summed E-state index contributed by atoms with van der Waals surface area (Å²) in [6.07, 6.45) is 17.5. The zero-order valence-electron chi connectivity index (χ0n) is 18.0. The summed E-state index contributed by atoms with van der Waals surface area (Å²) in [5.74, 6) is 0.901. The van der Waals surface area contributed by atoms with Crippen molar-refractivity contribution >= 4 is 12.4 Å². The molecule has 0 saturated carbocycles. The highest BCUT2D eigenvalue weighted by molar-refractivity contribution is 5.85. The first-order chi connectivity index (χ1) is 11.1. The quantitative estimate of drug-likeness (QED) is 0.265. The summed E-state index contributed by atoms with van der Waals surface area (Å²) in [7, 11) is 0. The molecule has 24 heavy (non-hydrogen) atoms. The molecule has 0 unspecified atom stereocenters. The van der Waals surface area contributed by atoms with Crippen LogP contribution in [0.4, 0.5) is 0 Å². The fraction of sp³-hybridized carbons (Fsp3) is 1.00. The number of halogens is 1. The Morgan fingerprint density at radius 1 is 0.542 bits per heavy atom. The Hall–Kier alpha value is 0.250. The van der Waals surface area contributed by atoms with E-state index in [0.717, 1.165) is 5.92 Å². The van der Waals surface area contributed by atoms with Crippen molar-refractivity contribution in [2.75, 3.05) is 19.6 Å². The van der Waals surface area contributed by atoms with Gasteiger partial charge in [0.1, 0.15) is 0 Å². The lowest BCUT2D eigenvalue weighted by Gasteiger charge is -2.13. The van der Waals surface area contributed by atoms with E-state index in [9.17, 15) is 0 Å². The third-order valence-corrected chi connectivity index (χ3v) is 4.73. The molecule has 150 valence electrons. The fourth-order valence-electron chi connectivity index (χ4n) is 2.89. The molecule has 0 aliphatic carbocycles. The number of unbranched alkanes of at least 4 members (excludes halogenated alkanes) is 10. The van der Waals surface area contributed by atoms with Gasteiger partial charge in [0, 0.05) is 0 Å². The van der Waals surface area contributed by atoms with Crippen LogP contribution in [0, 0.1) is 5.92 Å². The second kappa shape index (κ2) is 25.5. The second-order valence-corrected chi connectivity index (χ2v) is 7.34. The predicted molar refractivity (Wildman–Crippen MR) is 117 cm³/mol. The molecular weight excluding hydrogens is 314 g/mol. The zero-order chi connectivity index (χ0) is 17.8. The van der Waals surface area contributed by atoms with Crippen LogP contribution in [-0.4, -0.2) is 24.5 Å². The van der Waals surface area contributed by atoms with Crippen LogP contribution in [0.5, 0.6) is 0 Å². The number of hydrogen-bond acceptors (Lipinski definition) is 1. The highest BCUT2D eigenvalue weighted by atomic mass is 35.5. The van der Waals surface area contributed by atoms with Crippen LogP contribution in [0.15, 0.2) is 0 Å². The fourth-order valence-corrected chi connectivity index (χ4v) is 2.89. The maximum atomic E-state index is 2.38. The smallest absolute Gasteiger partial charge is 0.00474 e. The highest BCUT2D eigenvalue weighted by Crippen LogP contribution is 2.13. The van der Waals surface area contributed by atoms with E-state index in [1.807, 2.05) is 0 Å². The Labute approximate surface area is 161 Å². The third kappa shape index (κ3) is 27.1. The first kappa shape index (κ1) is 29.0. The molecule has 0 aliphatic heterocycles. The average Bonchev–Trinajstić information content (AvgIpc) is 2.54. The van der Waals surface area contributed by atoms with Crippen LogP contribution >= 0.6 is 12.4 Å². The Morgan fingerprint density at radius 3 is 1.12 bits per heavy atom. The molecule has 0 atom stereocenters. The first-order valence-corrected chi connectivity index (χ1v) is 10.8. The van der Waals surface area contributed by atoms with E-state index in [0.29, 0.717) is 0 Å². The van der Waals surface area contributed by atoms with Crippen molar-refractivity contribution in [1.82, 2.24) is 4.90 Å². The lowest BCUT2D eigenvalue weighted by molar-refractivity contribution is 0.321. The molecule has 0 saturated heterocycles. The van der Waals surface area contributed by atoms with E-state index in [-0.39, 0.29) is 12.4 Å². The molecule has 2 heteroatoms. The molecule has 0 spiro atoms. The Bertz CT molecular complexity index is 185. The van der Waals surface area contributed by atoms with Gasteiger partial charge in [0.25, 0.3) is 0 Å². The van der Waals surface area contributed by atoms with Crippen LogP contribution < -0.4 is 0 Å². The minimum atomic E-state index is 0. The van der Waals surface area contributed by atoms with Gasteiger partial charge in [-0.2, -0.15) is 0 Å². The van der Waals surface area contributed by atoms with Crippen molar-refractivity contribution < 1.29 is 0 Å². The first-order valence-electron chi connectivity index (χ1n) is 10.8. The Kier molecular flexibility index (Phi) is 30.8. The van der Waals surface area contributed by atoms with E-state index in [1.54, 1.807) is 0 Å². The topological polar surface area (TPSA) is 3.24 Å². The van der Waals surface area contributed by atoms with Crippen molar-refractivity contribution in [3.63, 3.8) is 0 Å². The molecule has 0 rings (SSSR count). The van der Waals surface area contributed by atoms with E-state index >= 15 is 0 Å². The molecule has 0 heterocycles. The molecule has 0 aliphatic rings. The van der Waals surface area contributed by atoms with Crippen molar-refractivity contribution in [2.45, 2.75) is 119 Å². The molecule has 0 amide bonds. The molecule has 0 bridgehead atoms. The van der Waals surface area contributed by atoms with Gasteiger partial charge in [0.15, 0.2) is 0 Å². The van der Waals surface area contributed by atoms with Gasteiger partial charge in [-0.05, 0) is 25.6 Å². The molecule has 1 nitrogen and oxygen atoms in total. The van der Waals surface area contributed by atoms with Crippen LogP contribution in [0.3, 0.4) is 0 Å². The minimum absolute atomic E-state index is 0. The van der Waals surface area contributed by atoms with Crippen molar-refractivity contribution in [2.24, 2.45) is 5.92 Å². The number of nitrogens with zero attached hydrogens (tertiary/aromatic N) is 1. The van der Waals surface area contributed by atoms with Gasteiger partial charge in [-0.1, -0.05) is 119 Å². The van der Waals surface area contributed by atoms with Crippen molar-refractivity contribution in [1.29, 1.82) is 0 Å².